The monoisotopic (exact) mass is 336 g/mol. The number of amides is 1. The Morgan fingerprint density at radius 1 is 1.43 bits per heavy atom. The summed E-state index contributed by atoms with van der Waals surface area (Å²) in [6.45, 7) is 0. The molecule has 2 heterocycles. The van der Waals surface area contributed by atoms with E-state index in [1.807, 2.05) is 17.5 Å². The van der Waals surface area contributed by atoms with Gasteiger partial charge in [-0.3, -0.25) is 4.79 Å². The van der Waals surface area contributed by atoms with E-state index in [1.165, 1.54) is 17.4 Å². The molecule has 0 aliphatic carbocycles. The molecule has 0 unspecified atom stereocenters. The summed E-state index contributed by atoms with van der Waals surface area (Å²) >= 11 is 1.45. The Morgan fingerprint density at radius 2 is 2.19 bits per heavy atom. The molecule has 7 nitrogen and oxygen atoms in total. The number of rotatable bonds is 5. The fourth-order valence-electron chi connectivity index (χ4n) is 1.32. The van der Waals surface area contributed by atoms with Crippen LogP contribution in [0.2, 0.25) is 0 Å². The normalized spacial score (nSPS) is 11.3. The van der Waals surface area contributed by atoms with E-state index in [1.54, 1.807) is 0 Å². The Bertz CT molecular complexity index is 722. The van der Waals surface area contributed by atoms with Crippen molar-refractivity contribution in [2.24, 2.45) is 5.10 Å². The fraction of sp³-hybridized carbons (Fsp3) is 0.0909. The molecule has 0 aromatic carbocycles. The Morgan fingerprint density at radius 3 is 2.76 bits per heavy atom. The second-order valence-electron chi connectivity index (χ2n) is 3.66. The van der Waals surface area contributed by atoms with Gasteiger partial charge in [-0.25, -0.2) is 13.8 Å². The summed E-state index contributed by atoms with van der Waals surface area (Å²) in [5.74, 6) is -0.261. The van der Waals surface area contributed by atoms with Crippen molar-refractivity contribution in [2.45, 2.75) is 11.5 Å². The first kappa shape index (κ1) is 18.1. The minimum atomic E-state index is -4.62. The third kappa shape index (κ3) is 5.73. The van der Waals surface area contributed by atoms with Crippen LogP contribution in [0.25, 0.3) is 0 Å². The van der Waals surface area contributed by atoms with Gasteiger partial charge in [0, 0.05) is 4.88 Å². The van der Waals surface area contributed by atoms with Crippen LogP contribution in [-0.2, 0) is 21.3 Å². The van der Waals surface area contributed by atoms with E-state index >= 15 is 0 Å². The predicted molar refractivity (Wildman–Crippen MR) is 70.4 cm³/mol. The van der Waals surface area contributed by atoms with Gasteiger partial charge in [-0.15, -0.1) is 11.3 Å². The van der Waals surface area contributed by atoms with Crippen molar-refractivity contribution in [1.29, 1.82) is 0 Å². The summed E-state index contributed by atoms with van der Waals surface area (Å²) in [5.41, 5.74) is 2.27. The zero-order valence-corrected chi connectivity index (χ0v) is 14.6. The predicted octanol–water partition coefficient (Wildman–Crippen LogP) is -2.06. The van der Waals surface area contributed by atoms with Gasteiger partial charge in [0.05, 0.1) is 12.6 Å². The van der Waals surface area contributed by atoms with Gasteiger partial charge < -0.3 is 8.97 Å². The van der Waals surface area contributed by atoms with Gasteiger partial charge in [0.1, 0.15) is 5.76 Å². The molecule has 1 amide bonds. The molecule has 0 aliphatic heterocycles. The molecule has 2 aromatic rings. The van der Waals surface area contributed by atoms with E-state index in [-0.39, 0.29) is 47.6 Å². The average Bonchev–Trinajstić information content (AvgIpc) is 2.98. The molecule has 0 fully saturated rings. The molecule has 0 atom stereocenters. The first-order valence-corrected chi connectivity index (χ1v) is 7.64. The largest absolute Gasteiger partial charge is 1.00 e. The van der Waals surface area contributed by atoms with Crippen LogP contribution < -0.4 is 35.0 Å². The van der Waals surface area contributed by atoms with Crippen LogP contribution in [0.5, 0.6) is 0 Å². The van der Waals surface area contributed by atoms with Gasteiger partial charge >= 0.3 is 29.6 Å². The zero-order valence-electron chi connectivity index (χ0n) is 11.0. The van der Waals surface area contributed by atoms with Crippen LogP contribution in [0.3, 0.4) is 0 Å². The third-order valence-electron chi connectivity index (χ3n) is 2.14. The average molecular weight is 336 g/mol. The van der Waals surface area contributed by atoms with E-state index in [4.69, 9.17) is 4.42 Å². The number of hydrogen-bond donors (Lipinski definition) is 1. The molecule has 0 aliphatic rings. The van der Waals surface area contributed by atoms with E-state index in [0.717, 1.165) is 17.2 Å². The van der Waals surface area contributed by atoms with Crippen molar-refractivity contribution in [3.8, 4) is 0 Å². The molecule has 2 aromatic heterocycles. The molecular weight excluding hydrogens is 327 g/mol. The molecule has 106 valence electrons. The SMILES string of the molecule is O=C(Cc1cccs1)N/N=C\c1ccc(S(=O)(=O)[O-])o1.[Na+]. The number of thiophene rings is 1. The number of nitrogens with zero attached hydrogens (tertiary/aromatic N) is 1. The number of carbonyl (C=O) groups is 1. The summed E-state index contributed by atoms with van der Waals surface area (Å²) in [5, 5.41) is 4.78. The van der Waals surface area contributed by atoms with Gasteiger partial charge in [-0.2, -0.15) is 5.10 Å². The van der Waals surface area contributed by atoms with Gasteiger partial charge in [-0.1, -0.05) is 6.07 Å². The Labute approximate surface area is 147 Å². The van der Waals surface area contributed by atoms with Crippen molar-refractivity contribution in [1.82, 2.24) is 5.43 Å². The molecule has 10 heteroatoms. The third-order valence-corrected chi connectivity index (χ3v) is 3.73. The van der Waals surface area contributed by atoms with Gasteiger partial charge in [0.15, 0.2) is 10.1 Å². The van der Waals surface area contributed by atoms with E-state index in [9.17, 15) is 17.8 Å². The van der Waals surface area contributed by atoms with Gasteiger partial charge in [0.25, 0.3) is 0 Å². The van der Waals surface area contributed by atoms with Crippen LogP contribution >= 0.6 is 11.3 Å². The van der Waals surface area contributed by atoms with Crippen LogP contribution in [-0.4, -0.2) is 25.1 Å². The number of nitrogens with one attached hydrogen (secondary N) is 1. The van der Waals surface area contributed by atoms with E-state index in [0.29, 0.717) is 0 Å². The number of hydrogen-bond acceptors (Lipinski definition) is 7. The van der Waals surface area contributed by atoms with Crippen molar-refractivity contribution in [3.05, 3.63) is 40.3 Å². The molecule has 21 heavy (non-hydrogen) atoms. The van der Waals surface area contributed by atoms with Crippen LogP contribution in [0.1, 0.15) is 10.6 Å². The van der Waals surface area contributed by atoms with Gasteiger partial charge in [-0.05, 0) is 23.6 Å². The minimum absolute atomic E-state index is 0. The Kier molecular flexibility index (Phi) is 6.78. The maximum atomic E-state index is 11.5. The fourth-order valence-corrected chi connectivity index (χ4v) is 2.45. The van der Waals surface area contributed by atoms with Gasteiger partial charge in [0.2, 0.25) is 11.0 Å². The molecule has 0 saturated carbocycles. The molecule has 2 rings (SSSR count). The first-order valence-electron chi connectivity index (χ1n) is 5.35. The van der Waals surface area contributed by atoms with Crippen molar-refractivity contribution in [2.75, 3.05) is 0 Å². The molecule has 1 N–H and O–H groups in total. The van der Waals surface area contributed by atoms with Crippen molar-refractivity contribution < 1.29 is 51.7 Å². The van der Waals surface area contributed by atoms with E-state index in [2.05, 4.69) is 10.5 Å². The summed E-state index contributed by atoms with van der Waals surface area (Å²) < 4.78 is 36.7. The summed E-state index contributed by atoms with van der Waals surface area (Å²) in [4.78, 5) is 12.4. The van der Waals surface area contributed by atoms with E-state index < -0.39 is 15.2 Å². The van der Waals surface area contributed by atoms with Crippen molar-refractivity contribution >= 4 is 33.6 Å². The summed E-state index contributed by atoms with van der Waals surface area (Å²) in [6, 6.07) is 5.95. The zero-order chi connectivity index (χ0) is 14.6. The van der Waals surface area contributed by atoms with Crippen LogP contribution in [0, 0.1) is 0 Å². The van der Waals surface area contributed by atoms with Crippen LogP contribution in [0.4, 0.5) is 0 Å². The second-order valence-corrected chi connectivity index (χ2v) is 6.00. The van der Waals surface area contributed by atoms with Crippen LogP contribution in [0.15, 0.2) is 44.3 Å². The van der Waals surface area contributed by atoms with Crippen molar-refractivity contribution in [3.63, 3.8) is 0 Å². The quantitative estimate of drug-likeness (QED) is 0.292. The topological polar surface area (TPSA) is 112 Å². The second kappa shape index (κ2) is 7.87. The molecule has 0 saturated heterocycles. The molecular formula is C11H9N2NaO5S2. The first-order chi connectivity index (χ1) is 9.45. The summed E-state index contributed by atoms with van der Waals surface area (Å²) in [6.07, 6.45) is 1.31. The maximum absolute atomic E-state index is 11.5. The number of furan rings is 1. The number of hydrazone groups is 1. The molecule has 0 radical (unpaired) electrons. The Balaban J connectivity index is 0.00000220. The maximum Gasteiger partial charge on any atom is 1.00 e. The smallest absolute Gasteiger partial charge is 0.742 e. The number of carbonyl (C=O) groups excluding carboxylic acids is 1. The Hall–Kier alpha value is -0.970. The molecule has 0 bridgehead atoms. The minimum Gasteiger partial charge on any atom is -0.742 e. The summed E-state index contributed by atoms with van der Waals surface area (Å²) in [7, 11) is -4.62. The molecule has 0 spiro atoms. The standard InChI is InChI=1S/C11H10N2O5S2.Na/c14-10(6-9-2-1-5-19-9)13-12-7-8-3-4-11(18-8)20(15,16)17;/h1-5,7H,6H2,(H,13,14)(H,15,16,17);/q;+1/p-1/b12-7-;.